The third-order valence-corrected chi connectivity index (χ3v) is 6.14. The van der Waals surface area contributed by atoms with Crippen molar-refractivity contribution in [3.05, 3.63) is 36.2 Å². The molecular weight excluding hydrogens is 354 g/mol. The van der Waals surface area contributed by atoms with Crippen molar-refractivity contribution in [2.45, 2.75) is 44.7 Å². The summed E-state index contributed by atoms with van der Waals surface area (Å²) in [5, 5.41) is 12.2. The molecule has 1 saturated carbocycles. The third kappa shape index (κ3) is 3.93. The van der Waals surface area contributed by atoms with Crippen molar-refractivity contribution in [1.29, 1.82) is 0 Å². The fraction of sp³-hybridized carbons (Fsp3) is 0.600. The molecule has 0 spiro atoms. The lowest BCUT2D eigenvalue weighted by atomic mass is 9.74. The van der Waals surface area contributed by atoms with Crippen LogP contribution in [-0.2, 0) is 11.3 Å². The van der Waals surface area contributed by atoms with Gasteiger partial charge in [-0.15, -0.1) is 5.10 Å². The van der Waals surface area contributed by atoms with Gasteiger partial charge < -0.3 is 10.6 Å². The number of nitrogens with two attached hydrogens (primary N) is 1. The largest absolute Gasteiger partial charge is 0.340 e. The van der Waals surface area contributed by atoms with Gasteiger partial charge in [0, 0.05) is 31.7 Å². The van der Waals surface area contributed by atoms with Gasteiger partial charge in [-0.2, -0.15) is 4.68 Å². The maximum Gasteiger partial charge on any atom is 0.227 e. The Labute approximate surface area is 165 Å². The highest BCUT2D eigenvalue weighted by molar-refractivity contribution is 5.80. The van der Waals surface area contributed by atoms with Crippen molar-refractivity contribution in [3.63, 3.8) is 0 Å². The molecule has 0 bridgehead atoms. The second-order valence-corrected chi connectivity index (χ2v) is 8.25. The third-order valence-electron chi connectivity index (χ3n) is 6.14. The molecule has 150 valence electrons. The molecule has 2 N–H and O–H groups in total. The van der Waals surface area contributed by atoms with Crippen molar-refractivity contribution >= 4 is 5.91 Å². The average molecular weight is 384 g/mol. The van der Waals surface area contributed by atoms with Gasteiger partial charge >= 0.3 is 0 Å². The molecule has 28 heavy (non-hydrogen) atoms. The normalized spacial score (nSPS) is 26.4. The van der Waals surface area contributed by atoms with Gasteiger partial charge in [0.15, 0.2) is 5.82 Å². The van der Waals surface area contributed by atoms with Crippen LogP contribution in [0, 0.1) is 5.92 Å². The van der Waals surface area contributed by atoms with E-state index < -0.39 is 0 Å². The summed E-state index contributed by atoms with van der Waals surface area (Å²) in [5.74, 6) is 1.00. The molecule has 4 rings (SSSR count). The number of rotatable bonds is 4. The van der Waals surface area contributed by atoms with Gasteiger partial charge in [0.25, 0.3) is 0 Å². The van der Waals surface area contributed by atoms with E-state index in [-0.39, 0.29) is 17.4 Å². The van der Waals surface area contributed by atoms with Crippen molar-refractivity contribution in [2.24, 2.45) is 11.7 Å². The maximum atomic E-state index is 13.0. The topological polar surface area (TPSA) is 93.2 Å². The molecule has 8 heteroatoms. The molecular formula is C20H29N7O. The van der Waals surface area contributed by atoms with Crippen LogP contribution in [0.3, 0.4) is 0 Å². The molecule has 1 aromatic carbocycles. The number of carbonyl (C=O) groups excluding carboxylic acids is 1. The van der Waals surface area contributed by atoms with Crippen LogP contribution in [0.25, 0.3) is 5.69 Å². The second kappa shape index (κ2) is 7.97. The SMILES string of the molecule is CC1(N)CCCCC1C(=O)N1CCN(Cc2nnnn2-c2ccccc2)CC1. The number of nitrogens with zero attached hydrogens (tertiary/aromatic N) is 6. The smallest absolute Gasteiger partial charge is 0.227 e. The van der Waals surface area contributed by atoms with E-state index >= 15 is 0 Å². The van der Waals surface area contributed by atoms with E-state index in [0.717, 1.165) is 63.4 Å². The Morgan fingerprint density at radius 3 is 2.64 bits per heavy atom. The zero-order valence-electron chi connectivity index (χ0n) is 16.5. The predicted octanol–water partition coefficient (Wildman–Crippen LogP) is 1.21. The van der Waals surface area contributed by atoms with Crippen LogP contribution in [0.2, 0.25) is 0 Å². The molecule has 2 aliphatic rings. The lowest BCUT2D eigenvalue weighted by molar-refractivity contribution is -0.140. The number of amides is 1. The minimum Gasteiger partial charge on any atom is -0.340 e. The highest BCUT2D eigenvalue weighted by atomic mass is 16.2. The minimum atomic E-state index is -0.371. The van der Waals surface area contributed by atoms with Gasteiger partial charge in [-0.05, 0) is 42.3 Å². The van der Waals surface area contributed by atoms with Gasteiger partial charge in [0.1, 0.15) is 0 Å². The fourth-order valence-electron chi connectivity index (χ4n) is 4.38. The van der Waals surface area contributed by atoms with Gasteiger partial charge in [-0.25, -0.2) is 0 Å². The first kappa shape index (κ1) is 19.0. The molecule has 2 atom stereocenters. The summed E-state index contributed by atoms with van der Waals surface area (Å²) in [4.78, 5) is 17.3. The molecule has 2 unspecified atom stereocenters. The van der Waals surface area contributed by atoms with E-state index in [4.69, 9.17) is 5.73 Å². The summed E-state index contributed by atoms with van der Waals surface area (Å²) < 4.78 is 1.78. The van der Waals surface area contributed by atoms with Crippen LogP contribution in [0.1, 0.15) is 38.4 Å². The van der Waals surface area contributed by atoms with Gasteiger partial charge in [0.05, 0.1) is 18.2 Å². The Morgan fingerprint density at radius 2 is 1.93 bits per heavy atom. The summed E-state index contributed by atoms with van der Waals surface area (Å²) >= 11 is 0. The maximum absolute atomic E-state index is 13.0. The van der Waals surface area contributed by atoms with Crippen LogP contribution in [0.5, 0.6) is 0 Å². The Kier molecular flexibility index (Phi) is 5.41. The first-order valence-corrected chi connectivity index (χ1v) is 10.2. The molecule has 1 aliphatic heterocycles. The number of aromatic nitrogens is 4. The van der Waals surface area contributed by atoms with Crippen molar-refractivity contribution in [2.75, 3.05) is 26.2 Å². The highest BCUT2D eigenvalue weighted by Gasteiger charge is 2.40. The number of hydrogen-bond donors (Lipinski definition) is 1. The summed E-state index contributed by atoms with van der Waals surface area (Å²) in [6.45, 7) is 5.82. The Balaban J connectivity index is 1.35. The molecule has 1 aromatic heterocycles. The standard InChI is InChI=1S/C20H29N7O/c1-20(21)10-6-5-9-17(20)19(28)26-13-11-25(12-14-26)15-18-22-23-24-27(18)16-7-3-2-4-8-16/h2-4,7-8,17H,5-6,9-15,21H2,1H3. The monoisotopic (exact) mass is 383 g/mol. The second-order valence-electron chi connectivity index (χ2n) is 8.25. The molecule has 1 saturated heterocycles. The average Bonchev–Trinajstić information content (AvgIpc) is 3.16. The summed E-state index contributed by atoms with van der Waals surface area (Å²) in [5.41, 5.74) is 7.02. The first-order valence-electron chi connectivity index (χ1n) is 10.2. The van der Waals surface area contributed by atoms with Gasteiger partial charge in [0.2, 0.25) is 5.91 Å². The fourth-order valence-corrected chi connectivity index (χ4v) is 4.38. The van der Waals surface area contributed by atoms with E-state index in [2.05, 4.69) is 20.4 Å². The molecule has 2 fully saturated rings. The number of tetrazole rings is 1. The van der Waals surface area contributed by atoms with Crippen molar-refractivity contribution < 1.29 is 4.79 Å². The van der Waals surface area contributed by atoms with Crippen LogP contribution in [0.15, 0.2) is 30.3 Å². The Hall–Kier alpha value is -2.32. The van der Waals surface area contributed by atoms with E-state index in [9.17, 15) is 4.79 Å². The lowest BCUT2D eigenvalue weighted by Gasteiger charge is -2.42. The lowest BCUT2D eigenvalue weighted by Crippen LogP contribution is -2.57. The first-order chi connectivity index (χ1) is 13.5. The van der Waals surface area contributed by atoms with Crippen molar-refractivity contribution in [1.82, 2.24) is 30.0 Å². The Bertz CT molecular complexity index is 796. The summed E-state index contributed by atoms with van der Waals surface area (Å²) in [7, 11) is 0. The highest BCUT2D eigenvalue weighted by Crippen LogP contribution is 2.33. The van der Waals surface area contributed by atoms with Crippen LogP contribution < -0.4 is 5.73 Å². The summed E-state index contributed by atoms with van der Waals surface area (Å²) in [6, 6.07) is 9.90. The van der Waals surface area contributed by atoms with E-state index in [1.807, 2.05) is 42.2 Å². The van der Waals surface area contributed by atoms with E-state index in [1.165, 1.54) is 0 Å². The van der Waals surface area contributed by atoms with Gasteiger partial charge in [-0.3, -0.25) is 9.69 Å². The zero-order valence-corrected chi connectivity index (χ0v) is 16.5. The number of piperazine rings is 1. The van der Waals surface area contributed by atoms with Crippen molar-refractivity contribution in [3.8, 4) is 5.69 Å². The van der Waals surface area contributed by atoms with Crippen LogP contribution in [0.4, 0.5) is 0 Å². The minimum absolute atomic E-state index is 0.0434. The molecule has 2 heterocycles. The molecule has 0 radical (unpaired) electrons. The quantitative estimate of drug-likeness (QED) is 0.853. The molecule has 1 amide bonds. The Morgan fingerprint density at radius 1 is 1.18 bits per heavy atom. The molecule has 1 aliphatic carbocycles. The van der Waals surface area contributed by atoms with E-state index in [1.54, 1.807) is 4.68 Å². The number of benzene rings is 1. The molecule has 8 nitrogen and oxygen atoms in total. The number of para-hydroxylation sites is 1. The van der Waals surface area contributed by atoms with Gasteiger partial charge in [-0.1, -0.05) is 31.0 Å². The van der Waals surface area contributed by atoms with E-state index in [0.29, 0.717) is 6.54 Å². The molecule has 2 aromatic rings. The number of hydrogen-bond acceptors (Lipinski definition) is 6. The number of carbonyl (C=O) groups is 1. The van der Waals surface area contributed by atoms with Crippen LogP contribution in [-0.4, -0.2) is 67.6 Å². The summed E-state index contributed by atoms with van der Waals surface area (Å²) in [6.07, 6.45) is 4.08. The zero-order chi connectivity index (χ0) is 19.6. The van der Waals surface area contributed by atoms with Crippen LogP contribution >= 0.6 is 0 Å². The predicted molar refractivity (Wildman–Crippen MR) is 106 cm³/mol.